The minimum Gasteiger partial charge on any atom is -0.381 e. The number of nitrogens with zero attached hydrogens (tertiary/aromatic N) is 1. The van der Waals surface area contributed by atoms with Gasteiger partial charge in [0.1, 0.15) is 5.92 Å². The van der Waals surface area contributed by atoms with Crippen LogP contribution in [-0.4, -0.2) is 24.1 Å². The van der Waals surface area contributed by atoms with Gasteiger partial charge >= 0.3 is 0 Å². The fraction of sp³-hybridized carbons (Fsp3) is 0.400. The molecule has 0 aromatic heterocycles. The van der Waals surface area contributed by atoms with Crippen LogP contribution >= 0.6 is 0 Å². The van der Waals surface area contributed by atoms with E-state index in [0.717, 1.165) is 0 Å². The Morgan fingerprint density at radius 3 is 3.00 bits per heavy atom. The fourth-order valence-corrected chi connectivity index (χ4v) is 1.00. The monoisotopic (exact) mass is 140 g/mol. The second-order valence-corrected chi connectivity index (χ2v) is 2.16. The Hall–Kier alpha value is -1.39. The third-order valence-electron chi connectivity index (χ3n) is 1.53. The van der Waals surface area contributed by atoms with Crippen molar-refractivity contribution < 1.29 is 14.4 Å². The molecule has 1 N–H and O–H groups in total. The van der Waals surface area contributed by atoms with E-state index in [-0.39, 0.29) is 5.91 Å². The van der Waals surface area contributed by atoms with E-state index in [0.29, 0.717) is 0 Å². The lowest BCUT2D eigenvalue weighted by molar-refractivity contribution is -0.129. The average Bonchev–Trinajstić information content (AvgIpc) is 2.39. The molecular weight excluding hydrogens is 136 g/mol. The van der Waals surface area contributed by atoms with Gasteiger partial charge in [0, 0.05) is 0 Å². The first-order chi connectivity index (χ1) is 4.79. The third-order valence-corrected chi connectivity index (χ3v) is 1.53. The molecule has 0 saturated carbocycles. The van der Waals surface area contributed by atoms with Crippen molar-refractivity contribution in [3.8, 4) is 0 Å². The van der Waals surface area contributed by atoms with E-state index in [1.54, 1.807) is 0 Å². The number of rotatable bonds is 0. The maximum atomic E-state index is 10.8. The molecule has 2 aliphatic rings. The fourth-order valence-electron chi connectivity index (χ4n) is 1.00. The summed E-state index contributed by atoms with van der Waals surface area (Å²) in [4.78, 5) is 26.1. The van der Waals surface area contributed by atoms with Crippen molar-refractivity contribution in [1.82, 2.24) is 5.32 Å². The predicted molar refractivity (Wildman–Crippen MR) is 30.0 cm³/mol. The molecule has 2 amide bonds. The minimum absolute atomic E-state index is 0.323. The summed E-state index contributed by atoms with van der Waals surface area (Å²) in [5.74, 6) is -1.21. The molecule has 2 rings (SSSR count). The lowest BCUT2D eigenvalue weighted by Crippen LogP contribution is -2.25. The summed E-state index contributed by atoms with van der Waals surface area (Å²) < 4.78 is 0. The Kier molecular flexibility index (Phi) is 0.841. The van der Waals surface area contributed by atoms with E-state index < -0.39 is 17.9 Å². The number of carbonyl (C=O) groups is 2. The van der Waals surface area contributed by atoms with Gasteiger partial charge in [-0.3, -0.25) is 14.9 Å². The maximum Gasteiger partial charge on any atom is 0.271 e. The zero-order valence-corrected chi connectivity index (χ0v) is 4.90. The summed E-state index contributed by atoms with van der Waals surface area (Å²) in [5, 5.41) is 5.49. The van der Waals surface area contributed by atoms with Gasteiger partial charge in [0.25, 0.3) is 5.91 Å². The summed E-state index contributed by atoms with van der Waals surface area (Å²) in [6, 6.07) is 0. The molecule has 5 heteroatoms. The predicted octanol–water partition coefficient (Wildman–Crippen LogP) is -1.36. The Labute approximate surface area is 56.0 Å². The topological polar surface area (TPSA) is 67.8 Å². The molecule has 0 bridgehead atoms. The molecular formula is C5H4N2O3. The number of nitrogens with one attached hydrogen (secondary N) is 1. The van der Waals surface area contributed by atoms with Crippen LogP contribution in [0.3, 0.4) is 0 Å². The molecule has 10 heavy (non-hydrogen) atoms. The highest BCUT2D eigenvalue weighted by molar-refractivity contribution is 6.13. The van der Waals surface area contributed by atoms with E-state index >= 15 is 0 Å². The first kappa shape index (κ1) is 5.40. The molecule has 2 aliphatic heterocycles. The molecule has 0 spiro atoms. The molecule has 0 radical (unpaired) electrons. The Morgan fingerprint density at radius 1 is 1.50 bits per heavy atom. The third kappa shape index (κ3) is 0.490. The van der Waals surface area contributed by atoms with Crippen LogP contribution in [0.5, 0.6) is 0 Å². The van der Waals surface area contributed by atoms with E-state index in [1.807, 2.05) is 0 Å². The summed E-state index contributed by atoms with van der Waals surface area (Å²) >= 11 is 0. The smallest absolute Gasteiger partial charge is 0.271 e. The van der Waals surface area contributed by atoms with Crippen LogP contribution in [0.15, 0.2) is 5.16 Å². The lowest BCUT2D eigenvalue weighted by atomic mass is 10.1. The number of carbonyl (C=O) groups excluding carboxylic acids is 2. The van der Waals surface area contributed by atoms with Crippen LogP contribution in [0, 0.1) is 5.92 Å². The number of hydrogen-bond acceptors (Lipinski definition) is 4. The molecule has 52 valence electrons. The van der Waals surface area contributed by atoms with Crippen LogP contribution in [0.1, 0.15) is 0 Å². The van der Waals surface area contributed by atoms with Gasteiger partial charge in [-0.2, -0.15) is 0 Å². The SMILES string of the molecule is O=C1NC(=O)C2ON=CC12. The highest BCUT2D eigenvalue weighted by atomic mass is 16.6. The minimum atomic E-state index is -0.701. The number of amides is 2. The Bertz CT molecular complexity index is 235. The van der Waals surface area contributed by atoms with Gasteiger partial charge in [0.05, 0.1) is 6.21 Å². The summed E-state index contributed by atoms with van der Waals surface area (Å²) in [6.45, 7) is 0. The van der Waals surface area contributed by atoms with Crippen molar-refractivity contribution in [2.45, 2.75) is 6.10 Å². The zero-order valence-electron chi connectivity index (χ0n) is 4.90. The molecule has 5 nitrogen and oxygen atoms in total. The van der Waals surface area contributed by atoms with Crippen molar-refractivity contribution in [3.63, 3.8) is 0 Å². The normalized spacial score (nSPS) is 35.6. The number of imide groups is 1. The standard InChI is InChI=1S/C5H4N2O3/c8-4-2-1-6-10-3(2)5(9)7-4/h1-3H,(H,7,8,9). The van der Waals surface area contributed by atoms with Gasteiger partial charge in [-0.05, 0) is 0 Å². The Morgan fingerprint density at radius 2 is 2.30 bits per heavy atom. The molecule has 2 atom stereocenters. The number of hydrogen-bond donors (Lipinski definition) is 1. The summed E-state index contributed by atoms with van der Waals surface area (Å²) in [7, 11) is 0. The van der Waals surface area contributed by atoms with Crippen LogP contribution < -0.4 is 5.32 Å². The van der Waals surface area contributed by atoms with Crippen LogP contribution in [0.4, 0.5) is 0 Å². The molecule has 2 unspecified atom stereocenters. The molecule has 0 aromatic rings. The van der Waals surface area contributed by atoms with Gasteiger partial charge in [-0.1, -0.05) is 5.16 Å². The first-order valence-corrected chi connectivity index (χ1v) is 2.83. The molecule has 0 aromatic carbocycles. The molecule has 0 aliphatic carbocycles. The van der Waals surface area contributed by atoms with E-state index in [2.05, 4.69) is 15.3 Å². The lowest BCUT2D eigenvalue weighted by Gasteiger charge is -1.97. The van der Waals surface area contributed by atoms with Gasteiger partial charge in [0.15, 0.2) is 0 Å². The van der Waals surface area contributed by atoms with E-state index in [1.165, 1.54) is 6.21 Å². The van der Waals surface area contributed by atoms with Gasteiger partial charge in [-0.25, -0.2) is 0 Å². The van der Waals surface area contributed by atoms with Crippen LogP contribution in [0.2, 0.25) is 0 Å². The summed E-state index contributed by atoms with van der Waals surface area (Å²) in [5.41, 5.74) is 0. The zero-order chi connectivity index (χ0) is 7.14. The van der Waals surface area contributed by atoms with Crippen LogP contribution in [0.25, 0.3) is 0 Å². The van der Waals surface area contributed by atoms with Crippen molar-refractivity contribution in [2.24, 2.45) is 11.1 Å². The molecule has 2 heterocycles. The quantitative estimate of drug-likeness (QED) is 0.423. The second-order valence-electron chi connectivity index (χ2n) is 2.16. The molecule has 1 fully saturated rings. The average molecular weight is 140 g/mol. The highest BCUT2D eigenvalue weighted by Crippen LogP contribution is 2.18. The van der Waals surface area contributed by atoms with Gasteiger partial charge < -0.3 is 4.84 Å². The van der Waals surface area contributed by atoms with Crippen molar-refractivity contribution >= 4 is 18.0 Å². The summed E-state index contributed by atoms with van der Waals surface area (Å²) in [6.07, 6.45) is 0.637. The van der Waals surface area contributed by atoms with Crippen molar-refractivity contribution in [1.29, 1.82) is 0 Å². The molecule has 1 saturated heterocycles. The first-order valence-electron chi connectivity index (χ1n) is 2.83. The highest BCUT2D eigenvalue weighted by Gasteiger charge is 2.45. The van der Waals surface area contributed by atoms with E-state index in [4.69, 9.17) is 0 Å². The Balaban J connectivity index is 2.33. The van der Waals surface area contributed by atoms with E-state index in [9.17, 15) is 9.59 Å². The number of fused-ring (bicyclic) bond motifs is 1. The van der Waals surface area contributed by atoms with Gasteiger partial charge in [-0.15, -0.1) is 0 Å². The largest absolute Gasteiger partial charge is 0.381 e. The van der Waals surface area contributed by atoms with Crippen LogP contribution in [-0.2, 0) is 14.4 Å². The van der Waals surface area contributed by atoms with Crippen molar-refractivity contribution in [2.75, 3.05) is 0 Å². The van der Waals surface area contributed by atoms with Gasteiger partial charge in [0.2, 0.25) is 12.0 Å². The van der Waals surface area contributed by atoms with Crippen molar-refractivity contribution in [3.05, 3.63) is 0 Å². The maximum absolute atomic E-state index is 10.8. The second kappa shape index (κ2) is 1.56. The number of oxime groups is 1.